The Balaban J connectivity index is 1.48. The highest BCUT2D eigenvalue weighted by molar-refractivity contribution is 7.20. The van der Waals surface area contributed by atoms with Gasteiger partial charge in [0.2, 0.25) is 0 Å². The Morgan fingerprint density at radius 3 is 0.851 bits per heavy atom. The Morgan fingerprint density at radius 2 is 0.553 bits per heavy atom. The summed E-state index contributed by atoms with van der Waals surface area (Å²) in [6.07, 6.45) is 0. The number of hydrogen-bond acceptors (Lipinski definition) is 0. The van der Waals surface area contributed by atoms with Gasteiger partial charge in [0, 0.05) is 16.7 Å². The highest BCUT2D eigenvalue weighted by Crippen LogP contribution is 2.26. The molecule has 0 aliphatic heterocycles. The third-order valence-corrected chi connectivity index (χ3v) is 13.6. The lowest BCUT2D eigenvalue weighted by Gasteiger charge is -2.35. The molecule has 0 aromatic heterocycles. The zero-order valence-corrected chi connectivity index (χ0v) is 26.2. The van der Waals surface area contributed by atoms with Gasteiger partial charge in [0.05, 0.1) is 0 Å². The molecule has 0 saturated heterocycles. The van der Waals surface area contributed by atoms with Crippen molar-refractivity contribution in [3.63, 3.8) is 0 Å². The van der Waals surface area contributed by atoms with Crippen molar-refractivity contribution in [3.8, 4) is 33.4 Å². The van der Waals surface area contributed by atoms with E-state index in [4.69, 9.17) is 0 Å². The van der Waals surface area contributed by atoms with E-state index in [2.05, 4.69) is 0 Å². The molecule has 47 heavy (non-hydrogen) atoms. The van der Waals surface area contributed by atoms with E-state index < -0.39 is 8.07 Å². The molecule has 0 unspecified atom stereocenters. The van der Waals surface area contributed by atoms with E-state index in [0.29, 0.717) is 38.6 Å². The van der Waals surface area contributed by atoms with E-state index in [-0.39, 0.29) is 23.3 Å². The van der Waals surface area contributed by atoms with Gasteiger partial charge in [0.25, 0.3) is 0 Å². The molecule has 0 heterocycles. The minimum absolute atomic E-state index is 0.328. The summed E-state index contributed by atoms with van der Waals surface area (Å²) in [5.41, 5.74) is 3.52. The zero-order chi connectivity index (χ0) is 32.4. The largest absolute Gasteiger partial charge is 0.207 e. The van der Waals surface area contributed by atoms with Gasteiger partial charge in [-0.05, 0) is 61.7 Å². The smallest absolute Gasteiger partial charge is 0.182 e. The van der Waals surface area contributed by atoms with E-state index in [1.807, 2.05) is 84.9 Å². The summed E-state index contributed by atoms with van der Waals surface area (Å²) in [6, 6.07) is 49.5. The van der Waals surface area contributed by atoms with Crippen molar-refractivity contribution in [2.45, 2.75) is 0 Å². The first kappa shape index (κ1) is 30.1. The van der Waals surface area contributed by atoms with Gasteiger partial charge in [-0.15, -0.1) is 0 Å². The van der Waals surface area contributed by atoms with Crippen molar-refractivity contribution in [1.82, 2.24) is 0 Å². The molecule has 0 amide bonds. The van der Waals surface area contributed by atoms with Gasteiger partial charge >= 0.3 is 0 Å². The van der Waals surface area contributed by atoms with Crippen LogP contribution < -0.4 is 20.7 Å². The second-order valence-corrected chi connectivity index (χ2v) is 15.2. The average molecular weight is 637 g/mol. The minimum atomic E-state index is -3.41. The summed E-state index contributed by atoms with van der Waals surface area (Å²) in [7, 11) is -3.41. The fraction of sp³-hybridized carbons (Fsp3) is 0. The molecule has 0 spiro atoms. The van der Waals surface area contributed by atoms with Gasteiger partial charge in [0.1, 0.15) is 23.3 Å². The van der Waals surface area contributed by atoms with Gasteiger partial charge in [-0.25, -0.2) is 17.6 Å². The zero-order valence-electron chi connectivity index (χ0n) is 25.2. The van der Waals surface area contributed by atoms with E-state index >= 15 is 4.39 Å². The third kappa shape index (κ3) is 5.49. The van der Waals surface area contributed by atoms with Gasteiger partial charge in [-0.3, -0.25) is 0 Å². The topological polar surface area (TPSA) is 0 Å². The fourth-order valence-electron chi connectivity index (χ4n) is 6.52. The molecule has 0 nitrogen and oxygen atoms in total. The number of rotatable bonds is 7. The van der Waals surface area contributed by atoms with Crippen LogP contribution in [0.4, 0.5) is 17.6 Å². The molecule has 0 aliphatic carbocycles. The summed E-state index contributed by atoms with van der Waals surface area (Å²) in [5, 5.41) is 3.16. The first-order chi connectivity index (χ1) is 23.0. The van der Waals surface area contributed by atoms with E-state index in [1.165, 1.54) is 24.3 Å². The summed E-state index contributed by atoms with van der Waals surface area (Å²) in [5.74, 6) is -1.34. The molecule has 0 N–H and O–H groups in total. The maximum atomic E-state index is 16.2. The predicted octanol–water partition coefficient (Wildman–Crippen LogP) is 8.62. The van der Waals surface area contributed by atoms with Crippen molar-refractivity contribution in [1.29, 1.82) is 0 Å². The molecule has 5 heteroatoms. The molecule has 0 saturated carbocycles. The Hall–Kier alpha value is -5.52. The standard InChI is InChI=1S/C42H28F4Si/c43-38-12-4-1-9-35(38)29-17-23-32(24-18-29)47(42-16-8-7-15-41(42)46,33-25-19-30(20-26-33)36-10-2-5-13-39(36)44)34-27-21-31(22-28-34)37-11-3-6-14-40(37)45/h1-28H. The Labute approximate surface area is 272 Å². The lowest BCUT2D eigenvalue weighted by atomic mass is 10.1. The number of halogens is 4. The molecule has 0 atom stereocenters. The van der Waals surface area contributed by atoms with Gasteiger partial charge in [-0.1, -0.05) is 146 Å². The minimum Gasteiger partial charge on any atom is -0.207 e. The molecular formula is C42H28F4Si. The summed E-state index contributed by atoms with van der Waals surface area (Å²) in [4.78, 5) is 0. The van der Waals surface area contributed by atoms with E-state index in [9.17, 15) is 13.2 Å². The summed E-state index contributed by atoms with van der Waals surface area (Å²) >= 11 is 0. The van der Waals surface area contributed by atoms with Crippen LogP contribution in [0.25, 0.3) is 33.4 Å². The summed E-state index contributed by atoms with van der Waals surface area (Å²) < 4.78 is 60.5. The number of benzene rings is 7. The maximum absolute atomic E-state index is 16.2. The van der Waals surface area contributed by atoms with Crippen LogP contribution in [0.15, 0.2) is 170 Å². The first-order valence-corrected chi connectivity index (χ1v) is 17.3. The van der Waals surface area contributed by atoms with Crippen molar-refractivity contribution in [2.24, 2.45) is 0 Å². The maximum Gasteiger partial charge on any atom is 0.182 e. The molecule has 0 fully saturated rings. The van der Waals surface area contributed by atoms with Crippen LogP contribution >= 0.6 is 0 Å². The van der Waals surface area contributed by atoms with Gasteiger partial charge in [-0.2, -0.15) is 0 Å². The third-order valence-electron chi connectivity index (χ3n) is 8.79. The van der Waals surface area contributed by atoms with Crippen molar-refractivity contribution >= 4 is 28.8 Å². The SMILES string of the molecule is Fc1ccccc1-c1ccc([Si](c2ccc(-c3ccccc3F)cc2)(c2ccc(-c3ccccc3F)cc2)c2ccccc2F)cc1. The lowest BCUT2D eigenvalue weighted by molar-refractivity contribution is 0.631. The molecule has 0 aliphatic rings. The normalized spacial score (nSPS) is 11.4. The monoisotopic (exact) mass is 636 g/mol. The van der Waals surface area contributed by atoms with E-state index in [0.717, 1.165) is 15.6 Å². The van der Waals surface area contributed by atoms with Crippen molar-refractivity contribution < 1.29 is 17.6 Å². The van der Waals surface area contributed by atoms with Crippen molar-refractivity contribution in [2.75, 3.05) is 0 Å². The van der Waals surface area contributed by atoms with Crippen LogP contribution in [0.2, 0.25) is 0 Å². The van der Waals surface area contributed by atoms with Gasteiger partial charge < -0.3 is 0 Å². The quantitative estimate of drug-likeness (QED) is 0.0934. The van der Waals surface area contributed by atoms with Crippen LogP contribution in [0.5, 0.6) is 0 Å². The molecule has 7 aromatic rings. The van der Waals surface area contributed by atoms with Crippen LogP contribution in [0.3, 0.4) is 0 Å². The number of hydrogen-bond donors (Lipinski definition) is 0. The predicted molar refractivity (Wildman–Crippen MR) is 186 cm³/mol. The molecule has 0 bridgehead atoms. The second-order valence-electron chi connectivity index (χ2n) is 11.4. The van der Waals surface area contributed by atoms with Gasteiger partial charge in [0.15, 0.2) is 8.07 Å². The van der Waals surface area contributed by atoms with Crippen LogP contribution in [0, 0.1) is 23.3 Å². The molecule has 0 radical (unpaired) electrons. The van der Waals surface area contributed by atoms with Crippen LogP contribution in [-0.2, 0) is 0 Å². The highest BCUT2D eigenvalue weighted by Gasteiger charge is 2.43. The molecule has 228 valence electrons. The molecule has 7 rings (SSSR count). The van der Waals surface area contributed by atoms with Crippen LogP contribution in [0.1, 0.15) is 0 Å². The first-order valence-electron chi connectivity index (χ1n) is 15.3. The van der Waals surface area contributed by atoms with Crippen LogP contribution in [-0.4, -0.2) is 8.07 Å². The molecular weight excluding hydrogens is 609 g/mol. The molecule has 7 aromatic carbocycles. The Bertz CT molecular complexity index is 1960. The second kappa shape index (κ2) is 12.7. The lowest BCUT2D eigenvalue weighted by Crippen LogP contribution is -2.75. The average Bonchev–Trinajstić information content (AvgIpc) is 3.11. The Morgan fingerprint density at radius 1 is 0.277 bits per heavy atom. The highest BCUT2D eigenvalue weighted by atomic mass is 28.3. The Kier molecular flexibility index (Phi) is 8.15. The van der Waals surface area contributed by atoms with Crippen molar-refractivity contribution in [3.05, 3.63) is 193 Å². The summed E-state index contributed by atoms with van der Waals surface area (Å²) in [6.45, 7) is 0. The fourth-order valence-corrected chi connectivity index (χ4v) is 11.2. The van der Waals surface area contributed by atoms with E-state index in [1.54, 1.807) is 60.7 Å².